The van der Waals surface area contributed by atoms with Crippen molar-refractivity contribution in [1.29, 1.82) is 0 Å². The van der Waals surface area contributed by atoms with Crippen LogP contribution in [0.3, 0.4) is 0 Å². The molecule has 3 amide bonds. The average Bonchev–Trinajstić information content (AvgIpc) is 3.34. The standard InChI is InChI=1S/3C17H16N2O4.Tb/c3*1-3-18-16(21)14-8-13(9-15(19-14)17(22)23)12-6-4-11(5-7-12)10(2)20;/h3*4-9H,3H2,1-2H3,(H,18,21)(H,22,23);. The Balaban J connectivity index is 0.000000276. The minimum atomic E-state index is -1.21. The molecule has 0 aliphatic carbocycles. The third-order valence-corrected chi connectivity index (χ3v) is 9.72. The van der Waals surface area contributed by atoms with E-state index in [1.54, 1.807) is 93.6 Å². The number of carbonyl (C=O) groups excluding carboxylic acids is 6. The number of nitrogens with one attached hydrogen (secondary N) is 3. The first-order chi connectivity index (χ1) is 32.8. The Bertz CT molecular complexity index is 2620. The first-order valence-corrected chi connectivity index (χ1v) is 21.2. The van der Waals surface area contributed by atoms with Crippen LogP contribution in [0.1, 0.15) is 136 Å². The van der Waals surface area contributed by atoms with Crippen LogP contribution in [0.4, 0.5) is 0 Å². The van der Waals surface area contributed by atoms with Gasteiger partial charge in [-0.1, -0.05) is 72.8 Å². The van der Waals surface area contributed by atoms with Crippen molar-refractivity contribution in [3.05, 3.63) is 160 Å². The minimum Gasteiger partial charge on any atom is -0.477 e. The van der Waals surface area contributed by atoms with Gasteiger partial charge in [0.25, 0.3) is 17.7 Å². The molecule has 6 N–H and O–H groups in total. The number of aromatic carboxylic acids is 3. The smallest absolute Gasteiger partial charge is 0.354 e. The van der Waals surface area contributed by atoms with Crippen molar-refractivity contribution in [2.45, 2.75) is 41.5 Å². The molecule has 0 fully saturated rings. The van der Waals surface area contributed by atoms with E-state index in [4.69, 9.17) is 0 Å². The molecule has 6 rings (SSSR count). The summed E-state index contributed by atoms with van der Waals surface area (Å²) < 4.78 is 0. The fourth-order valence-corrected chi connectivity index (χ4v) is 6.21. The first-order valence-electron chi connectivity index (χ1n) is 21.2. The number of benzene rings is 3. The van der Waals surface area contributed by atoms with Crippen molar-refractivity contribution in [1.82, 2.24) is 30.9 Å². The molecular weight excluding hydrogens is 1050 g/mol. The summed E-state index contributed by atoms with van der Waals surface area (Å²) in [6.45, 7) is 11.0. The van der Waals surface area contributed by atoms with Gasteiger partial charge in [-0.2, -0.15) is 0 Å². The van der Waals surface area contributed by atoms with Crippen LogP contribution in [0, 0.1) is 38.6 Å². The Morgan fingerprint density at radius 3 is 0.729 bits per heavy atom. The molecule has 3 aromatic heterocycles. The van der Waals surface area contributed by atoms with Crippen molar-refractivity contribution < 1.29 is 97.1 Å². The van der Waals surface area contributed by atoms with Crippen molar-refractivity contribution in [2.75, 3.05) is 19.6 Å². The number of ketones is 3. The second-order valence-electron chi connectivity index (χ2n) is 14.8. The number of aromatic nitrogens is 3. The maximum absolute atomic E-state index is 11.9. The van der Waals surface area contributed by atoms with Gasteiger partial charge in [0.1, 0.15) is 34.2 Å². The molecule has 3 aromatic carbocycles. The third kappa shape index (κ3) is 15.9. The van der Waals surface area contributed by atoms with Gasteiger partial charge in [-0.15, -0.1) is 0 Å². The van der Waals surface area contributed by atoms with Gasteiger partial charge in [-0.25, -0.2) is 29.3 Å². The second kappa shape index (κ2) is 26.7. The Hall–Kier alpha value is -7.77. The zero-order chi connectivity index (χ0) is 50.9. The van der Waals surface area contributed by atoms with Crippen LogP contribution in [0.2, 0.25) is 0 Å². The molecule has 0 saturated heterocycles. The van der Waals surface area contributed by atoms with E-state index < -0.39 is 35.6 Å². The largest absolute Gasteiger partial charge is 0.477 e. The number of carboxylic acids is 3. The Morgan fingerprint density at radius 1 is 0.357 bits per heavy atom. The molecule has 0 atom stereocenters. The molecule has 19 heteroatoms. The SMILES string of the molecule is CCNC(=O)c1cc(-c2ccc(C(C)=O)cc2)cc(C(=O)O)n1.CCNC(=O)c1cc(-c2ccc(C(C)=O)cc2)cc(C(=O)O)n1.CCNC(=O)c1cc(-c2ccc(C(C)=O)cc2)cc(C(=O)O)n1.[Tb]. The summed E-state index contributed by atoms with van der Waals surface area (Å²) in [7, 11) is 0. The van der Waals surface area contributed by atoms with Gasteiger partial charge in [0.15, 0.2) is 17.3 Å². The van der Waals surface area contributed by atoms with Gasteiger partial charge < -0.3 is 31.3 Å². The molecule has 0 aliphatic heterocycles. The number of hydrogen-bond donors (Lipinski definition) is 6. The molecule has 0 saturated carbocycles. The van der Waals surface area contributed by atoms with Crippen molar-refractivity contribution in [3.8, 4) is 33.4 Å². The molecule has 70 heavy (non-hydrogen) atoms. The molecule has 18 nitrogen and oxygen atoms in total. The number of hydrogen-bond acceptors (Lipinski definition) is 12. The summed E-state index contributed by atoms with van der Waals surface area (Å²) in [5.41, 5.74) is 4.92. The Morgan fingerprint density at radius 2 is 0.557 bits per heavy atom. The molecular formula is C51H48N6O12Tb. The van der Waals surface area contributed by atoms with E-state index in [0.29, 0.717) is 69.7 Å². The predicted molar refractivity (Wildman–Crippen MR) is 254 cm³/mol. The molecule has 0 unspecified atom stereocenters. The van der Waals surface area contributed by atoms with Crippen LogP contribution >= 0.6 is 0 Å². The van der Waals surface area contributed by atoms with Gasteiger partial charge >= 0.3 is 17.9 Å². The molecule has 6 aromatic rings. The van der Waals surface area contributed by atoms with Crippen LogP contribution in [0.15, 0.2) is 109 Å². The maximum atomic E-state index is 11.9. The van der Waals surface area contributed by atoms with E-state index in [-0.39, 0.29) is 90.1 Å². The molecule has 363 valence electrons. The molecule has 1 radical (unpaired) electrons. The second-order valence-corrected chi connectivity index (χ2v) is 14.8. The molecule has 0 spiro atoms. The van der Waals surface area contributed by atoms with E-state index in [9.17, 15) is 58.5 Å². The van der Waals surface area contributed by atoms with E-state index in [2.05, 4.69) is 30.9 Å². The zero-order valence-electron chi connectivity index (χ0n) is 38.7. The Kier molecular flexibility index (Phi) is 21.6. The topological polar surface area (TPSA) is 289 Å². The molecule has 0 aliphatic rings. The maximum Gasteiger partial charge on any atom is 0.354 e. The number of amides is 3. The number of carboxylic acid groups (broad SMARTS) is 3. The Labute approximate surface area is 432 Å². The average molecular weight is 1100 g/mol. The van der Waals surface area contributed by atoms with E-state index in [0.717, 1.165) is 0 Å². The molecule has 3 heterocycles. The summed E-state index contributed by atoms with van der Waals surface area (Å²) in [4.78, 5) is 115. The van der Waals surface area contributed by atoms with Crippen molar-refractivity contribution >= 4 is 53.0 Å². The normalized spacial score (nSPS) is 10.0. The summed E-state index contributed by atoms with van der Waals surface area (Å²) >= 11 is 0. The van der Waals surface area contributed by atoms with Crippen molar-refractivity contribution in [3.63, 3.8) is 0 Å². The van der Waals surface area contributed by atoms with Gasteiger partial charge in [0, 0.05) is 74.9 Å². The fourth-order valence-electron chi connectivity index (χ4n) is 6.21. The quantitative estimate of drug-likeness (QED) is 0.0555. The van der Waals surface area contributed by atoms with Crippen LogP contribution in [-0.4, -0.2) is 103 Å². The van der Waals surface area contributed by atoms with Gasteiger partial charge in [-0.3, -0.25) is 28.8 Å². The zero-order valence-corrected chi connectivity index (χ0v) is 40.8. The number of rotatable bonds is 15. The number of pyridine rings is 3. The summed E-state index contributed by atoms with van der Waals surface area (Å²) in [5.74, 6) is -5.10. The minimum absolute atomic E-state index is 0. The number of nitrogens with zero attached hydrogens (tertiary/aromatic N) is 3. The first kappa shape index (κ1) is 56.5. The van der Waals surface area contributed by atoms with Crippen LogP contribution in [0.25, 0.3) is 33.4 Å². The van der Waals surface area contributed by atoms with Crippen LogP contribution < -0.4 is 16.0 Å². The number of Topliss-reactive ketones (excluding diaryl/α,β-unsaturated/α-hetero) is 3. The summed E-state index contributed by atoms with van der Waals surface area (Å²) in [6.07, 6.45) is 0. The van der Waals surface area contributed by atoms with Gasteiger partial charge in [-0.05, 0) is 111 Å². The predicted octanol–water partition coefficient (Wildman–Crippen LogP) is 7.20. The summed E-state index contributed by atoms with van der Waals surface area (Å²) in [5, 5.41) is 35.3. The van der Waals surface area contributed by atoms with Crippen molar-refractivity contribution in [2.24, 2.45) is 0 Å². The van der Waals surface area contributed by atoms with Crippen LogP contribution in [0.5, 0.6) is 0 Å². The van der Waals surface area contributed by atoms with E-state index >= 15 is 0 Å². The van der Waals surface area contributed by atoms with Crippen LogP contribution in [-0.2, 0) is 0 Å². The summed E-state index contributed by atoms with van der Waals surface area (Å²) in [6, 6.07) is 29.0. The van der Waals surface area contributed by atoms with Gasteiger partial charge in [0.05, 0.1) is 0 Å². The van der Waals surface area contributed by atoms with E-state index in [1.807, 2.05) is 0 Å². The fraction of sp³-hybridized carbons (Fsp3) is 0.176. The van der Waals surface area contributed by atoms with Gasteiger partial charge in [0.2, 0.25) is 0 Å². The third-order valence-electron chi connectivity index (χ3n) is 9.72. The monoisotopic (exact) mass is 1100 g/mol. The molecule has 0 bridgehead atoms. The van der Waals surface area contributed by atoms with E-state index in [1.165, 1.54) is 57.2 Å². The number of carbonyl (C=O) groups is 9.